The number of halogens is 2. The molecule has 0 radical (unpaired) electrons. The summed E-state index contributed by atoms with van der Waals surface area (Å²) < 4.78 is 30.9. The third-order valence-corrected chi connectivity index (χ3v) is 5.45. The first-order valence-electron chi connectivity index (χ1n) is 9.32. The third kappa shape index (κ3) is 2.55. The zero-order valence-electron chi connectivity index (χ0n) is 15.1. The molecular weight excluding hydrogens is 346 g/mol. The van der Waals surface area contributed by atoms with Gasteiger partial charge in [-0.2, -0.15) is 0 Å². The van der Waals surface area contributed by atoms with E-state index in [9.17, 15) is 4.39 Å². The van der Waals surface area contributed by atoms with Gasteiger partial charge in [0.15, 0.2) is 0 Å². The molecule has 6 heteroatoms. The molecule has 0 bridgehead atoms. The second kappa shape index (κ2) is 6.16. The summed E-state index contributed by atoms with van der Waals surface area (Å²) in [6.45, 7) is 6.07. The number of fused-ring (bicyclic) bond motifs is 5. The van der Waals surface area contributed by atoms with Gasteiger partial charge in [0, 0.05) is 55.3 Å². The Labute approximate surface area is 155 Å². The smallest absolute Gasteiger partial charge is 0.147 e. The lowest BCUT2D eigenvalue weighted by molar-refractivity contribution is 0.567. The van der Waals surface area contributed by atoms with E-state index in [2.05, 4.69) is 26.7 Å². The van der Waals surface area contributed by atoms with E-state index in [0.29, 0.717) is 5.69 Å². The van der Waals surface area contributed by atoms with Crippen LogP contribution in [-0.2, 0) is 6.54 Å². The normalized spacial score (nSPS) is 15.3. The fourth-order valence-corrected chi connectivity index (χ4v) is 4.08. The minimum atomic E-state index is -0.291. The van der Waals surface area contributed by atoms with Gasteiger partial charge >= 0.3 is 0 Å². The number of nitrogens with one attached hydrogen (secondary N) is 1. The van der Waals surface area contributed by atoms with Crippen LogP contribution in [0.4, 0.5) is 14.5 Å². The molecule has 1 N–H and O–H groups in total. The molecule has 3 heterocycles. The van der Waals surface area contributed by atoms with Gasteiger partial charge in [-0.05, 0) is 37.3 Å². The number of benzene rings is 2. The number of rotatable bonds is 2. The van der Waals surface area contributed by atoms with Crippen LogP contribution >= 0.6 is 0 Å². The Hall–Kier alpha value is -2.73. The fraction of sp³-hybridized carbons (Fsp3) is 0.286. The molecule has 0 aliphatic carbocycles. The van der Waals surface area contributed by atoms with E-state index < -0.39 is 0 Å². The van der Waals surface area contributed by atoms with Crippen molar-refractivity contribution in [1.82, 2.24) is 14.9 Å². The summed E-state index contributed by atoms with van der Waals surface area (Å²) in [6.07, 6.45) is 2.01. The molecular formula is C21H20F2N4. The summed E-state index contributed by atoms with van der Waals surface area (Å²) >= 11 is 0. The standard InChI is InChI=1S/C21H20F2N4/c1-2-26-12-16-14-9-13(22)3-4-18(14)25-21(16)15-10-17(23)20(11-19(15)26)27-7-5-24-6-8-27/h3-4,9-12,24H,2,5-8H2,1H3. The van der Waals surface area contributed by atoms with Crippen molar-refractivity contribution in [3.8, 4) is 11.3 Å². The number of anilines is 1. The van der Waals surface area contributed by atoms with Crippen LogP contribution in [0.25, 0.3) is 33.1 Å². The van der Waals surface area contributed by atoms with Crippen molar-refractivity contribution in [2.24, 2.45) is 0 Å². The Balaban J connectivity index is 1.81. The molecule has 4 nitrogen and oxygen atoms in total. The maximum Gasteiger partial charge on any atom is 0.147 e. The average molecular weight is 366 g/mol. The molecule has 1 fully saturated rings. The molecule has 2 aromatic carbocycles. The van der Waals surface area contributed by atoms with E-state index in [4.69, 9.17) is 0 Å². The first-order chi connectivity index (χ1) is 13.2. The van der Waals surface area contributed by atoms with Gasteiger partial charge in [-0.1, -0.05) is 0 Å². The van der Waals surface area contributed by atoms with Gasteiger partial charge in [-0.25, -0.2) is 13.8 Å². The highest BCUT2D eigenvalue weighted by Gasteiger charge is 2.21. The second-order valence-corrected chi connectivity index (χ2v) is 7.01. The topological polar surface area (TPSA) is 33.1 Å². The van der Waals surface area contributed by atoms with Gasteiger partial charge in [0.25, 0.3) is 0 Å². The van der Waals surface area contributed by atoms with Crippen LogP contribution in [0.2, 0.25) is 0 Å². The largest absolute Gasteiger partial charge is 0.367 e. The molecule has 3 aliphatic rings. The molecule has 0 atom stereocenters. The zero-order valence-corrected chi connectivity index (χ0v) is 15.1. The van der Waals surface area contributed by atoms with Gasteiger partial charge in [0.2, 0.25) is 0 Å². The van der Waals surface area contributed by atoms with Crippen LogP contribution in [0.15, 0.2) is 36.5 Å². The van der Waals surface area contributed by atoms with Crippen molar-refractivity contribution in [2.45, 2.75) is 13.5 Å². The predicted molar refractivity (Wildman–Crippen MR) is 105 cm³/mol. The van der Waals surface area contributed by atoms with E-state index in [-0.39, 0.29) is 11.6 Å². The van der Waals surface area contributed by atoms with Crippen molar-refractivity contribution in [3.05, 3.63) is 48.2 Å². The number of hydrogen-bond donors (Lipinski definition) is 1. The first kappa shape index (κ1) is 16.4. The monoisotopic (exact) mass is 366 g/mol. The SMILES string of the molecule is CCn1cc2c3cc(F)ccc3nc-2c2cc(F)c(N3CCNCC3)cc21. The summed E-state index contributed by atoms with van der Waals surface area (Å²) in [4.78, 5) is 6.76. The van der Waals surface area contributed by atoms with Crippen molar-refractivity contribution >= 4 is 27.5 Å². The molecule has 0 amide bonds. The Morgan fingerprint density at radius 3 is 2.67 bits per heavy atom. The minimum Gasteiger partial charge on any atom is -0.367 e. The average Bonchev–Trinajstić information content (AvgIpc) is 3.05. The summed E-state index contributed by atoms with van der Waals surface area (Å²) in [5.41, 5.74) is 3.89. The van der Waals surface area contributed by atoms with Gasteiger partial charge < -0.3 is 14.8 Å². The van der Waals surface area contributed by atoms with Crippen LogP contribution in [0, 0.1) is 11.6 Å². The number of pyridine rings is 1. The van der Waals surface area contributed by atoms with E-state index in [1.807, 2.05) is 12.3 Å². The number of hydrogen-bond acceptors (Lipinski definition) is 3. The summed E-state index contributed by atoms with van der Waals surface area (Å²) in [6, 6.07) is 8.11. The highest BCUT2D eigenvalue weighted by molar-refractivity contribution is 6.06. The van der Waals surface area contributed by atoms with Crippen molar-refractivity contribution in [3.63, 3.8) is 0 Å². The van der Waals surface area contributed by atoms with Gasteiger partial charge in [0.05, 0.1) is 22.4 Å². The van der Waals surface area contributed by atoms with Crippen LogP contribution in [-0.4, -0.2) is 35.7 Å². The van der Waals surface area contributed by atoms with Crippen LogP contribution in [0.5, 0.6) is 0 Å². The van der Waals surface area contributed by atoms with Crippen LogP contribution < -0.4 is 10.2 Å². The van der Waals surface area contributed by atoms with Crippen molar-refractivity contribution < 1.29 is 8.78 Å². The summed E-state index contributed by atoms with van der Waals surface area (Å²) in [5, 5.41) is 4.83. The predicted octanol–water partition coefficient (Wildman–Crippen LogP) is 4.00. The Morgan fingerprint density at radius 2 is 1.89 bits per heavy atom. The first-order valence-corrected chi connectivity index (χ1v) is 9.32. The molecule has 138 valence electrons. The third-order valence-electron chi connectivity index (χ3n) is 5.45. The highest BCUT2D eigenvalue weighted by atomic mass is 19.1. The maximum atomic E-state index is 15.0. The van der Waals surface area contributed by atoms with E-state index in [1.54, 1.807) is 12.1 Å². The minimum absolute atomic E-state index is 0.238. The molecule has 3 aliphatic heterocycles. The lowest BCUT2D eigenvalue weighted by Gasteiger charge is -2.30. The molecule has 1 saturated heterocycles. The molecule has 27 heavy (non-hydrogen) atoms. The summed E-state index contributed by atoms with van der Waals surface area (Å²) in [7, 11) is 0. The fourth-order valence-electron chi connectivity index (χ4n) is 4.08. The quantitative estimate of drug-likeness (QED) is 0.582. The number of nitrogens with zero attached hydrogens (tertiary/aromatic N) is 3. The lowest BCUT2D eigenvalue weighted by atomic mass is 10.0. The maximum absolute atomic E-state index is 15.0. The summed E-state index contributed by atoms with van der Waals surface area (Å²) in [5.74, 6) is -0.530. The lowest BCUT2D eigenvalue weighted by Crippen LogP contribution is -2.43. The number of piperazine rings is 1. The number of aryl methyl sites for hydroxylation is 1. The molecule has 5 rings (SSSR count). The highest BCUT2D eigenvalue weighted by Crippen LogP contribution is 2.39. The van der Waals surface area contributed by atoms with Gasteiger partial charge in [-0.3, -0.25) is 0 Å². The zero-order chi connectivity index (χ0) is 18.5. The molecule has 2 aromatic rings. The molecule has 0 unspecified atom stereocenters. The second-order valence-electron chi connectivity index (χ2n) is 7.01. The van der Waals surface area contributed by atoms with Gasteiger partial charge in [-0.15, -0.1) is 0 Å². The van der Waals surface area contributed by atoms with Crippen molar-refractivity contribution in [1.29, 1.82) is 0 Å². The molecule has 0 spiro atoms. The van der Waals surface area contributed by atoms with E-state index >= 15 is 4.39 Å². The van der Waals surface area contributed by atoms with Crippen molar-refractivity contribution in [2.75, 3.05) is 31.1 Å². The Bertz CT molecular complexity index is 1130. The van der Waals surface area contributed by atoms with E-state index in [1.165, 1.54) is 12.1 Å². The van der Waals surface area contributed by atoms with Gasteiger partial charge in [0.1, 0.15) is 11.6 Å². The van der Waals surface area contributed by atoms with E-state index in [0.717, 1.165) is 65.8 Å². The molecule has 0 aromatic heterocycles. The Morgan fingerprint density at radius 1 is 1.07 bits per heavy atom. The Kier molecular flexibility index (Phi) is 3.75. The van der Waals surface area contributed by atoms with Crippen LogP contribution in [0.3, 0.4) is 0 Å². The molecule has 0 saturated carbocycles. The van der Waals surface area contributed by atoms with Crippen LogP contribution in [0.1, 0.15) is 6.92 Å². The number of aromatic nitrogens is 2.